The first-order chi connectivity index (χ1) is 7.70. The van der Waals surface area contributed by atoms with E-state index in [1.807, 2.05) is 0 Å². The fourth-order valence-electron chi connectivity index (χ4n) is 2.22. The Kier molecular flexibility index (Phi) is 3.54. The van der Waals surface area contributed by atoms with Gasteiger partial charge in [0.25, 0.3) is 0 Å². The Hall–Kier alpha value is -0.960. The van der Waals surface area contributed by atoms with Crippen molar-refractivity contribution in [3.8, 4) is 0 Å². The molecule has 1 aromatic heterocycles. The van der Waals surface area contributed by atoms with Crippen molar-refractivity contribution in [1.82, 2.24) is 10.3 Å². The topological polar surface area (TPSA) is 24.9 Å². The summed E-state index contributed by atoms with van der Waals surface area (Å²) in [7, 11) is 0. The molecule has 0 aromatic carbocycles. The van der Waals surface area contributed by atoms with E-state index in [-0.39, 0.29) is 11.9 Å². The fraction of sp³-hybridized carbons (Fsp3) is 0.615. The molecule has 3 unspecified atom stereocenters. The van der Waals surface area contributed by atoms with Gasteiger partial charge in [-0.05, 0) is 37.3 Å². The minimum atomic E-state index is -0.257. The number of rotatable bonds is 5. The van der Waals surface area contributed by atoms with Gasteiger partial charge in [0.2, 0.25) is 0 Å². The average molecular weight is 222 g/mol. The van der Waals surface area contributed by atoms with Crippen molar-refractivity contribution in [3.63, 3.8) is 0 Å². The summed E-state index contributed by atoms with van der Waals surface area (Å²) in [4.78, 5) is 3.87. The van der Waals surface area contributed by atoms with Gasteiger partial charge in [-0.25, -0.2) is 4.39 Å². The van der Waals surface area contributed by atoms with E-state index in [0.717, 1.165) is 11.5 Å². The van der Waals surface area contributed by atoms with Crippen LogP contribution in [0, 0.1) is 11.7 Å². The maximum Gasteiger partial charge on any atom is 0.141 e. The van der Waals surface area contributed by atoms with E-state index in [1.54, 1.807) is 12.3 Å². The molecule has 0 radical (unpaired) electrons. The first-order valence-corrected chi connectivity index (χ1v) is 6.07. The van der Waals surface area contributed by atoms with Gasteiger partial charge in [-0.15, -0.1) is 0 Å². The van der Waals surface area contributed by atoms with Crippen LogP contribution in [0.4, 0.5) is 4.39 Å². The third kappa shape index (κ3) is 2.79. The Balaban J connectivity index is 1.87. The number of hydrogen-bond donors (Lipinski definition) is 1. The predicted molar refractivity (Wildman–Crippen MR) is 62.5 cm³/mol. The second-order valence-corrected chi connectivity index (χ2v) is 4.72. The normalized spacial score (nSPS) is 25.4. The van der Waals surface area contributed by atoms with Crippen molar-refractivity contribution in [2.45, 2.75) is 45.2 Å². The molecule has 1 N–H and O–H groups in total. The van der Waals surface area contributed by atoms with Crippen LogP contribution in [0.15, 0.2) is 18.5 Å². The van der Waals surface area contributed by atoms with Crippen molar-refractivity contribution in [2.24, 2.45) is 5.92 Å². The SMILES string of the molecule is CCCC1CC1NC(C)c1cncc(F)c1. The van der Waals surface area contributed by atoms with Crippen LogP contribution in [0.1, 0.15) is 44.7 Å². The number of nitrogens with one attached hydrogen (secondary N) is 1. The largest absolute Gasteiger partial charge is 0.307 e. The molecule has 2 nitrogen and oxygen atoms in total. The number of hydrogen-bond acceptors (Lipinski definition) is 2. The lowest BCUT2D eigenvalue weighted by Gasteiger charge is -2.13. The average Bonchev–Trinajstić information content (AvgIpc) is 2.97. The minimum Gasteiger partial charge on any atom is -0.307 e. The van der Waals surface area contributed by atoms with Crippen LogP contribution in [-0.2, 0) is 0 Å². The second kappa shape index (κ2) is 4.91. The molecule has 1 aromatic rings. The summed E-state index contributed by atoms with van der Waals surface area (Å²) in [6.45, 7) is 4.28. The predicted octanol–water partition coefficient (Wildman–Crippen LogP) is 3.06. The summed E-state index contributed by atoms with van der Waals surface area (Å²) < 4.78 is 13.0. The molecule has 2 rings (SSSR count). The van der Waals surface area contributed by atoms with Crippen LogP contribution < -0.4 is 5.32 Å². The van der Waals surface area contributed by atoms with Crippen molar-refractivity contribution in [1.29, 1.82) is 0 Å². The van der Waals surface area contributed by atoms with Gasteiger partial charge in [0.1, 0.15) is 5.82 Å². The minimum absolute atomic E-state index is 0.190. The quantitative estimate of drug-likeness (QED) is 0.828. The molecule has 1 saturated carbocycles. The summed E-state index contributed by atoms with van der Waals surface area (Å²) in [5.74, 6) is 0.570. The Morgan fingerprint density at radius 3 is 3.06 bits per heavy atom. The Morgan fingerprint density at radius 2 is 2.38 bits per heavy atom. The third-order valence-electron chi connectivity index (χ3n) is 3.27. The maximum absolute atomic E-state index is 13.0. The maximum atomic E-state index is 13.0. The first-order valence-electron chi connectivity index (χ1n) is 6.07. The highest BCUT2D eigenvalue weighted by Gasteiger charge is 2.36. The van der Waals surface area contributed by atoms with Gasteiger partial charge in [-0.3, -0.25) is 4.98 Å². The van der Waals surface area contributed by atoms with Gasteiger partial charge in [0.15, 0.2) is 0 Å². The van der Waals surface area contributed by atoms with Gasteiger partial charge in [-0.2, -0.15) is 0 Å². The van der Waals surface area contributed by atoms with E-state index in [9.17, 15) is 4.39 Å². The molecular weight excluding hydrogens is 203 g/mol. The molecule has 0 amide bonds. The second-order valence-electron chi connectivity index (χ2n) is 4.72. The van der Waals surface area contributed by atoms with Gasteiger partial charge < -0.3 is 5.32 Å². The monoisotopic (exact) mass is 222 g/mol. The van der Waals surface area contributed by atoms with E-state index in [2.05, 4.69) is 24.1 Å². The van der Waals surface area contributed by atoms with Crippen molar-refractivity contribution in [2.75, 3.05) is 0 Å². The molecule has 3 atom stereocenters. The summed E-state index contributed by atoms with van der Waals surface area (Å²) in [5, 5.41) is 3.53. The zero-order valence-electron chi connectivity index (χ0n) is 9.91. The molecule has 3 heteroatoms. The van der Waals surface area contributed by atoms with Crippen LogP contribution >= 0.6 is 0 Å². The summed E-state index contributed by atoms with van der Waals surface area (Å²) in [5.41, 5.74) is 0.933. The van der Waals surface area contributed by atoms with E-state index in [0.29, 0.717) is 6.04 Å². The highest BCUT2D eigenvalue weighted by Crippen LogP contribution is 2.36. The van der Waals surface area contributed by atoms with E-state index in [4.69, 9.17) is 0 Å². The lowest BCUT2D eigenvalue weighted by atomic mass is 10.1. The van der Waals surface area contributed by atoms with Crippen LogP contribution in [-0.4, -0.2) is 11.0 Å². The lowest BCUT2D eigenvalue weighted by molar-refractivity contribution is 0.524. The molecule has 1 aliphatic carbocycles. The van der Waals surface area contributed by atoms with E-state index < -0.39 is 0 Å². The molecular formula is C13H19FN2. The zero-order valence-corrected chi connectivity index (χ0v) is 9.91. The Labute approximate surface area is 96.3 Å². The number of halogens is 1. The van der Waals surface area contributed by atoms with Gasteiger partial charge in [0.05, 0.1) is 6.20 Å². The summed E-state index contributed by atoms with van der Waals surface area (Å²) in [6, 6.07) is 2.37. The molecule has 0 bridgehead atoms. The van der Waals surface area contributed by atoms with Crippen LogP contribution in [0.5, 0.6) is 0 Å². The number of nitrogens with zero attached hydrogens (tertiary/aromatic N) is 1. The molecule has 88 valence electrons. The lowest BCUT2D eigenvalue weighted by Crippen LogP contribution is -2.22. The zero-order chi connectivity index (χ0) is 11.5. The fourth-order valence-corrected chi connectivity index (χ4v) is 2.22. The van der Waals surface area contributed by atoms with Crippen molar-refractivity contribution >= 4 is 0 Å². The number of aromatic nitrogens is 1. The summed E-state index contributed by atoms with van der Waals surface area (Å²) in [6.07, 6.45) is 6.79. The summed E-state index contributed by atoms with van der Waals surface area (Å²) >= 11 is 0. The van der Waals surface area contributed by atoms with E-state index in [1.165, 1.54) is 25.5 Å². The molecule has 0 aliphatic heterocycles. The highest BCUT2D eigenvalue weighted by molar-refractivity contribution is 5.15. The molecule has 1 aliphatic rings. The van der Waals surface area contributed by atoms with E-state index >= 15 is 0 Å². The third-order valence-corrected chi connectivity index (χ3v) is 3.27. The van der Waals surface area contributed by atoms with Gasteiger partial charge in [-0.1, -0.05) is 13.3 Å². The van der Waals surface area contributed by atoms with Gasteiger partial charge in [0, 0.05) is 18.3 Å². The molecule has 0 saturated heterocycles. The molecule has 16 heavy (non-hydrogen) atoms. The highest BCUT2D eigenvalue weighted by atomic mass is 19.1. The Morgan fingerprint density at radius 1 is 1.56 bits per heavy atom. The molecule has 1 fully saturated rings. The van der Waals surface area contributed by atoms with Gasteiger partial charge >= 0.3 is 0 Å². The molecule has 1 heterocycles. The van der Waals surface area contributed by atoms with Crippen molar-refractivity contribution in [3.05, 3.63) is 29.8 Å². The van der Waals surface area contributed by atoms with Crippen molar-refractivity contribution < 1.29 is 4.39 Å². The molecule has 0 spiro atoms. The smallest absolute Gasteiger partial charge is 0.141 e. The number of pyridine rings is 1. The first kappa shape index (κ1) is 11.5. The Bertz CT molecular complexity index is 354. The van der Waals surface area contributed by atoms with Crippen LogP contribution in [0.25, 0.3) is 0 Å². The van der Waals surface area contributed by atoms with Crippen LogP contribution in [0.2, 0.25) is 0 Å². The standard InChI is InChI=1S/C13H19FN2/c1-3-4-10-6-13(10)16-9(2)11-5-12(14)8-15-7-11/h5,7-10,13,16H,3-4,6H2,1-2H3. The van der Waals surface area contributed by atoms with Crippen LogP contribution in [0.3, 0.4) is 0 Å².